The predicted molar refractivity (Wildman–Crippen MR) is 121 cm³/mol. The van der Waals surface area contributed by atoms with Crippen molar-refractivity contribution in [1.82, 2.24) is 15.1 Å². The molecule has 1 N–H and O–H groups in total. The van der Waals surface area contributed by atoms with Crippen LogP contribution in [0.3, 0.4) is 0 Å². The minimum absolute atomic E-state index is 0.124. The molecule has 1 aromatic heterocycles. The standard InChI is InChI=1S/C25H31F3N4O/c1-15-2-3-19(26)10-21(15)23-11-22(24(27)28)25(31-30-23)29-20-8-17-13-32(14-18(17)9-20)12-16-4-6-33-7-5-16/h2-3,10-11,16-18,20,24H,4-9,12-14H2,1H3,(H,29,31)/t17-,18+,20+. The van der Waals surface area contributed by atoms with Gasteiger partial charge in [-0.15, -0.1) is 10.2 Å². The Morgan fingerprint density at radius 2 is 1.82 bits per heavy atom. The third kappa shape index (κ3) is 5.01. The Labute approximate surface area is 192 Å². The zero-order valence-corrected chi connectivity index (χ0v) is 18.9. The SMILES string of the molecule is Cc1ccc(F)cc1-c1cc(C(F)F)c(N[C@H]2C[C@@H]3CN(CC4CCOCC4)C[C@@H]3C2)nn1. The van der Waals surface area contributed by atoms with Gasteiger partial charge in [-0.2, -0.15) is 0 Å². The average molecular weight is 461 g/mol. The molecule has 8 heteroatoms. The molecule has 0 radical (unpaired) electrons. The fraction of sp³-hybridized carbons (Fsp3) is 0.600. The highest BCUT2D eigenvalue weighted by Gasteiger charge is 2.41. The minimum Gasteiger partial charge on any atom is -0.381 e. The highest BCUT2D eigenvalue weighted by molar-refractivity contribution is 5.65. The maximum Gasteiger partial charge on any atom is 0.267 e. The van der Waals surface area contributed by atoms with Gasteiger partial charge < -0.3 is 15.0 Å². The number of fused-ring (bicyclic) bond motifs is 1. The third-order valence-electron chi connectivity index (χ3n) is 7.56. The number of aryl methyl sites for hydroxylation is 1. The highest BCUT2D eigenvalue weighted by Crippen LogP contribution is 2.40. The fourth-order valence-corrected chi connectivity index (χ4v) is 5.84. The molecular formula is C25H31F3N4O. The summed E-state index contributed by atoms with van der Waals surface area (Å²) in [6.07, 6.45) is 1.53. The Balaban J connectivity index is 1.23. The van der Waals surface area contributed by atoms with Crippen LogP contribution in [0.25, 0.3) is 11.3 Å². The van der Waals surface area contributed by atoms with Crippen LogP contribution < -0.4 is 5.32 Å². The van der Waals surface area contributed by atoms with Crippen molar-refractivity contribution in [2.75, 3.05) is 38.2 Å². The number of hydrogen-bond donors (Lipinski definition) is 1. The van der Waals surface area contributed by atoms with Gasteiger partial charge in [-0.25, -0.2) is 13.2 Å². The summed E-state index contributed by atoms with van der Waals surface area (Å²) in [7, 11) is 0. The smallest absolute Gasteiger partial charge is 0.267 e. The molecule has 2 aromatic rings. The second kappa shape index (κ2) is 9.58. The molecule has 5 nitrogen and oxygen atoms in total. The number of rotatable bonds is 6. The van der Waals surface area contributed by atoms with Crippen LogP contribution in [0, 0.1) is 30.5 Å². The predicted octanol–water partition coefficient (Wildman–Crippen LogP) is 5.08. The molecule has 3 atom stereocenters. The normalized spacial score (nSPS) is 26.2. The summed E-state index contributed by atoms with van der Waals surface area (Å²) in [5, 5.41) is 11.5. The van der Waals surface area contributed by atoms with E-state index in [0.717, 1.165) is 70.0 Å². The van der Waals surface area contributed by atoms with Gasteiger partial charge in [0.1, 0.15) is 5.82 Å². The quantitative estimate of drug-likeness (QED) is 0.652. The summed E-state index contributed by atoms with van der Waals surface area (Å²) < 4.78 is 46.9. The van der Waals surface area contributed by atoms with Gasteiger partial charge >= 0.3 is 0 Å². The van der Waals surface area contributed by atoms with Crippen molar-refractivity contribution in [3.8, 4) is 11.3 Å². The summed E-state index contributed by atoms with van der Waals surface area (Å²) in [5.41, 5.74) is 1.33. The molecular weight excluding hydrogens is 429 g/mol. The maximum absolute atomic E-state index is 13.9. The second-order valence-electron chi connectivity index (χ2n) is 9.90. The zero-order chi connectivity index (χ0) is 22.9. The van der Waals surface area contributed by atoms with E-state index in [1.165, 1.54) is 18.2 Å². The third-order valence-corrected chi connectivity index (χ3v) is 7.56. The lowest BCUT2D eigenvalue weighted by molar-refractivity contribution is 0.0545. The number of anilines is 1. The van der Waals surface area contributed by atoms with Gasteiger partial charge in [0, 0.05) is 44.5 Å². The molecule has 0 unspecified atom stereocenters. The fourth-order valence-electron chi connectivity index (χ4n) is 5.84. The number of likely N-dealkylation sites (tertiary alicyclic amines) is 1. The molecule has 3 fully saturated rings. The first-order valence-electron chi connectivity index (χ1n) is 11.9. The van der Waals surface area contributed by atoms with Crippen molar-refractivity contribution in [2.24, 2.45) is 17.8 Å². The van der Waals surface area contributed by atoms with Gasteiger partial charge in [-0.05, 0) is 74.1 Å². The number of benzene rings is 1. The average Bonchev–Trinajstić information content (AvgIpc) is 3.34. The van der Waals surface area contributed by atoms with Crippen LogP contribution in [0.4, 0.5) is 19.0 Å². The summed E-state index contributed by atoms with van der Waals surface area (Å²) in [4.78, 5) is 2.59. The van der Waals surface area contributed by atoms with E-state index in [0.29, 0.717) is 17.4 Å². The van der Waals surface area contributed by atoms with E-state index < -0.39 is 12.2 Å². The molecule has 0 amide bonds. The van der Waals surface area contributed by atoms with Gasteiger partial charge in [0.15, 0.2) is 5.82 Å². The minimum atomic E-state index is -2.69. The van der Waals surface area contributed by atoms with Crippen molar-refractivity contribution >= 4 is 5.82 Å². The Morgan fingerprint density at radius 3 is 2.52 bits per heavy atom. The van der Waals surface area contributed by atoms with Crippen LogP contribution in [-0.4, -0.2) is 54.0 Å². The van der Waals surface area contributed by atoms with E-state index in [2.05, 4.69) is 20.4 Å². The van der Waals surface area contributed by atoms with Crippen LogP contribution in [0.15, 0.2) is 24.3 Å². The summed E-state index contributed by atoms with van der Waals surface area (Å²) in [6, 6.07) is 5.74. The number of nitrogens with one attached hydrogen (secondary N) is 1. The lowest BCUT2D eigenvalue weighted by Crippen LogP contribution is -2.32. The van der Waals surface area contributed by atoms with Crippen molar-refractivity contribution in [3.63, 3.8) is 0 Å². The number of nitrogens with zero attached hydrogens (tertiary/aromatic N) is 3. The topological polar surface area (TPSA) is 50.3 Å². The molecule has 0 spiro atoms. The Kier molecular flexibility index (Phi) is 6.56. The van der Waals surface area contributed by atoms with Crippen molar-refractivity contribution in [1.29, 1.82) is 0 Å². The summed E-state index contributed by atoms with van der Waals surface area (Å²) in [6.45, 7) is 6.88. The number of aromatic nitrogens is 2. The first-order valence-corrected chi connectivity index (χ1v) is 11.9. The monoisotopic (exact) mass is 460 g/mol. The molecule has 1 aliphatic carbocycles. The van der Waals surface area contributed by atoms with Crippen LogP contribution in [0.1, 0.15) is 43.2 Å². The molecule has 1 aromatic carbocycles. The first-order chi connectivity index (χ1) is 16.0. The van der Waals surface area contributed by atoms with Gasteiger partial charge in [0.2, 0.25) is 0 Å². The van der Waals surface area contributed by atoms with Crippen LogP contribution in [0.5, 0.6) is 0 Å². The lowest BCUT2D eigenvalue weighted by atomic mass is 10.00. The molecule has 0 bridgehead atoms. The van der Waals surface area contributed by atoms with Crippen molar-refractivity contribution in [2.45, 2.75) is 45.1 Å². The molecule has 33 heavy (non-hydrogen) atoms. The van der Waals surface area contributed by atoms with E-state index in [1.54, 1.807) is 13.0 Å². The molecule has 3 heterocycles. The van der Waals surface area contributed by atoms with Gasteiger partial charge in [0.05, 0.1) is 11.3 Å². The van der Waals surface area contributed by atoms with E-state index in [-0.39, 0.29) is 23.1 Å². The Morgan fingerprint density at radius 1 is 1.09 bits per heavy atom. The van der Waals surface area contributed by atoms with Crippen molar-refractivity contribution in [3.05, 3.63) is 41.2 Å². The summed E-state index contributed by atoms with van der Waals surface area (Å²) in [5.74, 6) is 1.64. The van der Waals surface area contributed by atoms with E-state index >= 15 is 0 Å². The number of ether oxygens (including phenoxy) is 1. The maximum atomic E-state index is 13.9. The lowest BCUT2D eigenvalue weighted by Gasteiger charge is -2.28. The largest absolute Gasteiger partial charge is 0.381 e. The molecule has 5 rings (SSSR count). The van der Waals surface area contributed by atoms with Crippen molar-refractivity contribution < 1.29 is 17.9 Å². The molecule has 178 valence electrons. The van der Waals surface area contributed by atoms with Gasteiger partial charge in [-0.3, -0.25) is 0 Å². The van der Waals surface area contributed by atoms with Crippen LogP contribution in [-0.2, 0) is 4.74 Å². The second-order valence-corrected chi connectivity index (χ2v) is 9.90. The molecule has 2 saturated heterocycles. The van der Waals surface area contributed by atoms with Gasteiger partial charge in [-0.1, -0.05) is 6.07 Å². The number of hydrogen-bond acceptors (Lipinski definition) is 5. The van der Waals surface area contributed by atoms with E-state index in [1.807, 2.05) is 0 Å². The Bertz CT molecular complexity index is 968. The van der Waals surface area contributed by atoms with Gasteiger partial charge in [0.25, 0.3) is 6.43 Å². The molecule has 1 saturated carbocycles. The number of alkyl halides is 2. The highest BCUT2D eigenvalue weighted by atomic mass is 19.3. The first kappa shape index (κ1) is 22.6. The van der Waals surface area contributed by atoms with Crippen LogP contribution in [0.2, 0.25) is 0 Å². The summed E-state index contributed by atoms with van der Waals surface area (Å²) >= 11 is 0. The zero-order valence-electron chi connectivity index (χ0n) is 18.9. The van der Waals surface area contributed by atoms with E-state index in [9.17, 15) is 13.2 Å². The van der Waals surface area contributed by atoms with E-state index in [4.69, 9.17) is 4.74 Å². The molecule has 3 aliphatic rings. The number of halogens is 3. The van der Waals surface area contributed by atoms with Crippen LogP contribution >= 0.6 is 0 Å². The Hall–Kier alpha value is -2.19. The molecule has 2 aliphatic heterocycles.